The van der Waals surface area contributed by atoms with Crippen molar-refractivity contribution in [1.82, 2.24) is 9.88 Å². The molecule has 0 aliphatic heterocycles. The largest absolute Gasteiger partial charge is 0.359 e. The fraction of sp³-hybridized carbons (Fsp3) is 0.538. The second kappa shape index (κ2) is 4.73. The lowest BCUT2D eigenvalue weighted by Gasteiger charge is -2.25. The number of aromatic nitrogens is 1. The van der Waals surface area contributed by atoms with Crippen molar-refractivity contribution in [2.45, 2.75) is 34.2 Å². The van der Waals surface area contributed by atoms with Gasteiger partial charge in [0.15, 0.2) is 6.29 Å². The standard InChI is InChI=1S/C13H20N2O2/c1-9-6-11(7-16)10(2)15(9)8-13(3,4)12(17)14-5/h6-7H,8H2,1-5H3,(H,14,17). The van der Waals surface area contributed by atoms with Crippen molar-refractivity contribution in [2.75, 3.05) is 7.05 Å². The molecule has 0 fully saturated rings. The highest BCUT2D eigenvalue weighted by Gasteiger charge is 2.28. The Morgan fingerprint density at radius 3 is 2.47 bits per heavy atom. The van der Waals surface area contributed by atoms with E-state index in [2.05, 4.69) is 5.32 Å². The van der Waals surface area contributed by atoms with Crippen LogP contribution in [0.15, 0.2) is 6.07 Å². The highest BCUT2D eigenvalue weighted by molar-refractivity contribution is 5.81. The number of carbonyl (C=O) groups excluding carboxylic acids is 2. The second-order valence-corrected chi connectivity index (χ2v) is 4.99. The molecule has 0 aliphatic carbocycles. The van der Waals surface area contributed by atoms with Crippen molar-refractivity contribution in [3.63, 3.8) is 0 Å². The molecule has 4 nitrogen and oxygen atoms in total. The molecule has 1 heterocycles. The molecule has 0 atom stereocenters. The second-order valence-electron chi connectivity index (χ2n) is 4.99. The van der Waals surface area contributed by atoms with Crippen LogP contribution in [0.3, 0.4) is 0 Å². The zero-order valence-electron chi connectivity index (χ0n) is 11.1. The summed E-state index contributed by atoms with van der Waals surface area (Å²) in [5, 5.41) is 2.66. The average Bonchev–Trinajstić information content (AvgIpc) is 2.54. The normalized spacial score (nSPS) is 11.4. The molecule has 0 unspecified atom stereocenters. The molecular weight excluding hydrogens is 216 g/mol. The van der Waals surface area contributed by atoms with Gasteiger partial charge in [0.1, 0.15) is 0 Å². The molecular formula is C13H20N2O2. The van der Waals surface area contributed by atoms with Gasteiger partial charge in [-0.3, -0.25) is 9.59 Å². The highest BCUT2D eigenvalue weighted by atomic mass is 16.2. The maximum Gasteiger partial charge on any atom is 0.227 e. The van der Waals surface area contributed by atoms with Gasteiger partial charge in [0.05, 0.1) is 5.41 Å². The Morgan fingerprint density at radius 1 is 1.47 bits per heavy atom. The predicted octanol–water partition coefficient (Wildman–Crippen LogP) is 1.69. The van der Waals surface area contributed by atoms with Gasteiger partial charge in [0.25, 0.3) is 0 Å². The Kier molecular flexibility index (Phi) is 3.76. The zero-order valence-corrected chi connectivity index (χ0v) is 11.1. The van der Waals surface area contributed by atoms with Crippen LogP contribution in [0.25, 0.3) is 0 Å². The van der Waals surface area contributed by atoms with Crippen LogP contribution < -0.4 is 5.32 Å². The lowest BCUT2D eigenvalue weighted by atomic mass is 9.92. The zero-order chi connectivity index (χ0) is 13.2. The first-order valence-electron chi connectivity index (χ1n) is 5.67. The van der Waals surface area contributed by atoms with Gasteiger partial charge in [-0.05, 0) is 33.8 Å². The van der Waals surface area contributed by atoms with E-state index in [0.717, 1.165) is 17.7 Å². The van der Waals surface area contributed by atoms with Crippen LogP contribution in [0.5, 0.6) is 0 Å². The molecule has 1 aromatic heterocycles. The summed E-state index contributed by atoms with van der Waals surface area (Å²) in [6.45, 7) is 8.20. The van der Waals surface area contributed by atoms with Crippen LogP contribution in [-0.4, -0.2) is 23.8 Å². The fourth-order valence-electron chi connectivity index (χ4n) is 2.00. The quantitative estimate of drug-likeness (QED) is 0.809. The highest BCUT2D eigenvalue weighted by Crippen LogP contribution is 2.23. The minimum Gasteiger partial charge on any atom is -0.359 e. The third-order valence-electron chi connectivity index (χ3n) is 3.13. The number of amides is 1. The third kappa shape index (κ3) is 2.57. The molecule has 1 rings (SSSR count). The van der Waals surface area contributed by atoms with Crippen molar-refractivity contribution in [1.29, 1.82) is 0 Å². The van der Waals surface area contributed by atoms with E-state index >= 15 is 0 Å². The molecule has 0 aromatic carbocycles. The first kappa shape index (κ1) is 13.5. The van der Waals surface area contributed by atoms with E-state index in [1.165, 1.54) is 0 Å². The van der Waals surface area contributed by atoms with Gasteiger partial charge in [0.2, 0.25) is 5.91 Å². The number of aldehydes is 1. The van der Waals surface area contributed by atoms with E-state index in [1.54, 1.807) is 7.05 Å². The van der Waals surface area contributed by atoms with Crippen LogP contribution in [0.4, 0.5) is 0 Å². The minimum atomic E-state index is -0.497. The Labute approximate surface area is 102 Å². The van der Waals surface area contributed by atoms with Crippen LogP contribution in [0.2, 0.25) is 0 Å². The SMILES string of the molecule is CNC(=O)C(C)(C)Cn1c(C)cc(C=O)c1C. The van der Waals surface area contributed by atoms with E-state index in [-0.39, 0.29) is 5.91 Å². The third-order valence-corrected chi connectivity index (χ3v) is 3.13. The van der Waals surface area contributed by atoms with E-state index in [4.69, 9.17) is 0 Å². The van der Waals surface area contributed by atoms with E-state index in [1.807, 2.05) is 38.3 Å². The molecule has 0 saturated carbocycles. The summed E-state index contributed by atoms with van der Waals surface area (Å²) in [4.78, 5) is 22.6. The van der Waals surface area contributed by atoms with Crippen LogP contribution in [0.1, 0.15) is 35.6 Å². The molecule has 1 N–H and O–H groups in total. The fourth-order valence-corrected chi connectivity index (χ4v) is 2.00. The van der Waals surface area contributed by atoms with E-state index in [0.29, 0.717) is 12.1 Å². The van der Waals surface area contributed by atoms with Gasteiger partial charge < -0.3 is 9.88 Å². The number of nitrogens with zero attached hydrogens (tertiary/aromatic N) is 1. The summed E-state index contributed by atoms with van der Waals surface area (Å²) in [6, 6.07) is 1.85. The monoisotopic (exact) mass is 236 g/mol. The molecule has 0 bridgehead atoms. The van der Waals surface area contributed by atoms with Crippen LogP contribution >= 0.6 is 0 Å². The summed E-state index contributed by atoms with van der Waals surface area (Å²) in [7, 11) is 1.64. The summed E-state index contributed by atoms with van der Waals surface area (Å²) in [5.74, 6) is -0.00217. The summed E-state index contributed by atoms with van der Waals surface area (Å²) in [6.07, 6.45) is 0.853. The van der Waals surface area contributed by atoms with Crippen LogP contribution in [0, 0.1) is 19.3 Å². The number of carbonyl (C=O) groups is 2. The number of aryl methyl sites for hydroxylation is 1. The van der Waals surface area contributed by atoms with Crippen molar-refractivity contribution in [2.24, 2.45) is 5.41 Å². The molecule has 1 amide bonds. The molecule has 0 spiro atoms. The average molecular weight is 236 g/mol. The molecule has 0 aliphatic rings. The topological polar surface area (TPSA) is 51.1 Å². The predicted molar refractivity (Wildman–Crippen MR) is 67.1 cm³/mol. The Morgan fingerprint density at radius 2 is 2.06 bits per heavy atom. The van der Waals surface area contributed by atoms with Gasteiger partial charge in [-0.15, -0.1) is 0 Å². The van der Waals surface area contributed by atoms with E-state index in [9.17, 15) is 9.59 Å². The first-order chi connectivity index (χ1) is 7.83. The number of rotatable bonds is 4. The number of hydrogen-bond acceptors (Lipinski definition) is 2. The Hall–Kier alpha value is -1.58. The van der Waals surface area contributed by atoms with Crippen molar-refractivity contribution in [3.05, 3.63) is 23.0 Å². The lowest BCUT2D eigenvalue weighted by Crippen LogP contribution is -2.38. The summed E-state index contributed by atoms with van der Waals surface area (Å²) < 4.78 is 2.01. The molecule has 0 radical (unpaired) electrons. The maximum absolute atomic E-state index is 11.7. The minimum absolute atomic E-state index is 0.00217. The van der Waals surface area contributed by atoms with Gasteiger partial charge in [-0.1, -0.05) is 0 Å². The van der Waals surface area contributed by atoms with Crippen molar-refractivity contribution in [3.8, 4) is 0 Å². The maximum atomic E-state index is 11.7. The lowest BCUT2D eigenvalue weighted by molar-refractivity contribution is -0.129. The number of hydrogen-bond donors (Lipinski definition) is 1. The smallest absolute Gasteiger partial charge is 0.227 e. The molecule has 1 aromatic rings. The molecule has 4 heteroatoms. The number of nitrogens with one attached hydrogen (secondary N) is 1. The van der Waals surface area contributed by atoms with Crippen LogP contribution in [-0.2, 0) is 11.3 Å². The molecule has 94 valence electrons. The summed E-state index contributed by atoms with van der Waals surface area (Å²) in [5.41, 5.74) is 2.11. The molecule has 0 saturated heterocycles. The van der Waals surface area contributed by atoms with Gasteiger partial charge in [-0.2, -0.15) is 0 Å². The van der Waals surface area contributed by atoms with Gasteiger partial charge >= 0.3 is 0 Å². The summed E-state index contributed by atoms with van der Waals surface area (Å²) >= 11 is 0. The Bertz CT molecular complexity index is 445. The van der Waals surface area contributed by atoms with Gasteiger partial charge in [-0.25, -0.2) is 0 Å². The van der Waals surface area contributed by atoms with Crippen molar-refractivity contribution >= 4 is 12.2 Å². The first-order valence-corrected chi connectivity index (χ1v) is 5.67. The van der Waals surface area contributed by atoms with Gasteiger partial charge in [0, 0.05) is 30.5 Å². The Balaban J connectivity index is 3.07. The van der Waals surface area contributed by atoms with Crippen molar-refractivity contribution < 1.29 is 9.59 Å². The molecule has 17 heavy (non-hydrogen) atoms. The van der Waals surface area contributed by atoms with E-state index < -0.39 is 5.41 Å².